The molecule has 2 aromatic heterocycles. The molecule has 1 aliphatic rings. The van der Waals surface area contributed by atoms with Gasteiger partial charge in [0.05, 0.1) is 0 Å². The topological polar surface area (TPSA) is 51.5 Å². The van der Waals surface area contributed by atoms with E-state index in [4.69, 9.17) is 4.74 Å². The van der Waals surface area contributed by atoms with E-state index in [-0.39, 0.29) is 30.4 Å². The highest BCUT2D eigenvalue weighted by Crippen LogP contribution is 2.36. The second-order valence-electron chi connectivity index (χ2n) is 8.00. The SMILES string of the molecule is CCOCc1nnc2c(C(F)(F)F)c(CN[C@H]3CC[C@@H](c4ccccc4)CC3)ccn12. The summed E-state index contributed by atoms with van der Waals surface area (Å²) in [6.07, 6.45) is 1.07. The van der Waals surface area contributed by atoms with E-state index in [1.54, 1.807) is 6.20 Å². The van der Waals surface area contributed by atoms with Gasteiger partial charge in [-0.15, -0.1) is 10.2 Å². The van der Waals surface area contributed by atoms with Gasteiger partial charge in [0.2, 0.25) is 0 Å². The lowest BCUT2D eigenvalue weighted by atomic mass is 9.82. The van der Waals surface area contributed by atoms with Gasteiger partial charge in [0.15, 0.2) is 11.5 Å². The van der Waals surface area contributed by atoms with Crippen molar-refractivity contribution in [2.75, 3.05) is 6.61 Å². The van der Waals surface area contributed by atoms with Crippen LogP contribution in [-0.2, 0) is 24.1 Å². The Bertz CT molecular complexity index is 995. The number of nitrogens with zero attached hydrogens (tertiary/aromatic N) is 3. The maximum atomic E-state index is 13.9. The van der Waals surface area contributed by atoms with Crippen molar-refractivity contribution in [3.8, 4) is 0 Å². The molecular formula is C23H27F3N4O. The van der Waals surface area contributed by atoms with Gasteiger partial charge in [0, 0.05) is 25.4 Å². The fourth-order valence-electron chi connectivity index (χ4n) is 4.40. The fourth-order valence-corrected chi connectivity index (χ4v) is 4.40. The van der Waals surface area contributed by atoms with E-state index in [1.165, 1.54) is 16.0 Å². The smallest absolute Gasteiger partial charge is 0.374 e. The van der Waals surface area contributed by atoms with E-state index < -0.39 is 11.7 Å². The Labute approximate surface area is 179 Å². The van der Waals surface area contributed by atoms with Gasteiger partial charge < -0.3 is 10.1 Å². The van der Waals surface area contributed by atoms with Crippen molar-refractivity contribution in [3.63, 3.8) is 0 Å². The van der Waals surface area contributed by atoms with Crippen molar-refractivity contribution in [1.29, 1.82) is 0 Å². The molecule has 1 aromatic carbocycles. The largest absolute Gasteiger partial charge is 0.420 e. The summed E-state index contributed by atoms with van der Waals surface area (Å²) in [4.78, 5) is 0. The molecule has 5 nitrogen and oxygen atoms in total. The van der Waals surface area contributed by atoms with Gasteiger partial charge in [-0.05, 0) is 55.7 Å². The monoisotopic (exact) mass is 432 g/mol. The zero-order chi connectivity index (χ0) is 21.8. The van der Waals surface area contributed by atoms with Crippen molar-refractivity contribution < 1.29 is 17.9 Å². The van der Waals surface area contributed by atoms with Crippen molar-refractivity contribution in [3.05, 3.63) is 65.1 Å². The quantitative estimate of drug-likeness (QED) is 0.564. The summed E-state index contributed by atoms with van der Waals surface area (Å²) in [6, 6.07) is 12.2. The highest BCUT2D eigenvalue weighted by Gasteiger charge is 2.37. The number of alkyl halides is 3. The normalized spacial score (nSPS) is 19.7. The Morgan fingerprint density at radius 2 is 1.81 bits per heavy atom. The van der Waals surface area contributed by atoms with Gasteiger partial charge in [0.1, 0.15) is 12.2 Å². The van der Waals surface area contributed by atoms with Crippen LogP contribution < -0.4 is 5.32 Å². The molecule has 1 saturated carbocycles. The van der Waals surface area contributed by atoms with Crippen LogP contribution in [0.3, 0.4) is 0 Å². The van der Waals surface area contributed by atoms with Gasteiger partial charge in [0.25, 0.3) is 0 Å². The van der Waals surface area contributed by atoms with E-state index in [0.717, 1.165) is 25.7 Å². The molecule has 8 heteroatoms. The Morgan fingerprint density at radius 3 is 2.48 bits per heavy atom. The first-order valence-corrected chi connectivity index (χ1v) is 10.8. The Hall–Kier alpha value is -2.45. The molecule has 1 aliphatic carbocycles. The predicted molar refractivity (Wildman–Crippen MR) is 112 cm³/mol. The molecule has 0 radical (unpaired) electrons. The zero-order valence-electron chi connectivity index (χ0n) is 17.5. The second-order valence-corrected chi connectivity index (χ2v) is 8.00. The first-order valence-electron chi connectivity index (χ1n) is 10.8. The van der Waals surface area contributed by atoms with Crippen LogP contribution in [-0.4, -0.2) is 27.2 Å². The number of rotatable bonds is 7. The molecule has 1 fully saturated rings. The number of hydrogen-bond donors (Lipinski definition) is 1. The molecule has 0 bridgehead atoms. The third kappa shape index (κ3) is 4.91. The highest BCUT2D eigenvalue weighted by molar-refractivity contribution is 5.53. The van der Waals surface area contributed by atoms with Crippen molar-refractivity contribution in [1.82, 2.24) is 19.9 Å². The van der Waals surface area contributed by atoms with Crippen LogP contribution >= 0.6 is 0 Å². The van der Waals surface area contributed by atoms with Crippen LogP contribution in [0.4, 0.5) is 13.2 Å². The van der Waals surface area contributed by atoms with Crippen LogP contribution in [0, 0.1) is 0 Å². The molecule has 1 N–H and O–H groups in total. The third-order valence-electron chi connectivity index (χ3n) is 6.03. The van der Waals surface area contributed by atoms with Gasteiger partial charge >= 0.3 is 6.18 Å². The molecule has 31 heavy (non-hydrogen) atoms. The number of halogens is 3. The second kappa shape index (κ2) is 9.36. The summed E-state index contributed by atoms with van der Waals surface area (Å²) >= 11 is 0. The minimum Gasteiger partial charge on any atom is -0.374 e. The van der Waals surface area contributed by atoms with Gasteiger partial charge in [-0.2, -0.15) is 13.2 Å². The Morgan fingerprint density at radius 1 is 1.06 bits per heavy atom. The van der Waals surface area contributed by atoms with Crippen molar-refractivity contribution in [2.24, 2.45) is 0 Å². The molecule has 3 aromatic rings. The Balaban J connectivity index is 1.46. The summed E-state index contributed by atoms with van der Waals surface area (Å²) in [6.45, 7) is 2.55. The lowest BCUT2D eigenvalue weighted by Crippen LogP contribution is -2.33. The number of aromatic nitrogens is 3. The molecule has 0 aliphatic heterocycles. The Kier molecular flexibility index (Phi) is 6.57. The molecule has 0 amide bonds. The molecule has 4 rings (SSSR count). The number of fused-ring (bicyclic) bond motifs is 1. The first-order chi connectivity index (χ1) is 15.0. The maximum Gasteiger partial charge on any atom is 0.420 e. The highest BCUT2D eigenvalue weighted by atomic mass is 19.4. The summed E-state index contributed by atoms with van der Waals surface area (Å²) in [5.41, 5.74) is 0.644. The van der Waals surface area contributed by atoms with Crippen molar-refractivity contribution >= 4 is 5.65 Å². The van der Waals surface area contributed by atoms with Crippen LogP contribution in [0.15, 0.2) is 42.6 Å². The van der Waals surface area contributed by atoms with Crippen LogP contribution in [0.2, 0.25) is 0 Å². The van der Waals surface area contributed by atoms with E-state index in [2.05, 4.69) is 39.8 Å². The molecular weight excluding hydrogens is 405 g/mol. The number of hydrogen-bond acceptors (Lipinski definition) is 4. The van der Waals surface area contributed by atoms with Crippen LogP contribution in [0.5, 0.6) is 0 Å². The number of ether oxygens (including phenoxy) is 1. The number of benzene rings is 1. The fraction of sp³-hybridized carbons (Fsp3) is 0.478. The lowest BCUT2D eigenvalue weighted by Gasteiger charge is -2.30. The lowest BCUT2D eigenvalue weighted by molar-refractivity contribution is -0.137. The molecule has 166 valence electrons. The number of pyridine rings is 1. The average Bonchev–Trinajstić information content (AvgIpc) is 3.18. The third-order valence-corrected chi connectivity index (χ3v) is 6.03. The minimum atomic E-state index is -4.51. The van der Waals surface area contributed by atoms with E-state index in [0.29, 0.717) is 18.3 Å². The number of nitrogens with one attached hydrogen (secondary N) is 1. The van der Waals surface area contributed by atoms with Crippen molar-refractivity contribution in [2.45, 2.75) is 63.9 Å². The summed E-state index contributed by atoms with van der Waals surface area (Å²) in [5, 5.41) is 11.1. The molecule has 0 atom stereocenters. The molecule has 0 saturated heterocycles. The summed E-state index contributed by atoms with van der Waals surface area (Å²) in [5.74, 6) is 0.891. The minimum absolute atomic E-state index is 0.122. The molecule has 0 spiro atoms. The summed E-state index contributed by atoms with van der Waals surface area (Å²) < 4.78 is 48.4. The van der Waals surface area contributed by atoms with E-state index >= 15 is 0 Å². The van der Waals surface area contributed by atoms with Gasteiger partial charge in [-0.3, -0.25) is 4.40 Å². The molecule has 0 unspecified atom stereocenters. The van der Waals surface area contributed by atoms with Gasteiger partial charge in [-0.25, -0.2) is 0 Å². The first kappa shape index (κ1) is 21.8. The average molecular weight is 432 g/mol. The van der Waals surface area contributed by atoms with Crippen LogP contribution in [0.1, 0.15) is 61.0 Å². The maximum absolute atomic E-state index is 13.9. The van der Waals surface area contributed by atoms with E-state index in [1.807, 2.05) is 13.0 Å². The standard InChI is InChI=1S/C23H27F3N4O/c1-2-31-15-20-28-29-22-21(23(24,25)26)18(12-13-30(20)22)14-27-19-10-8-17(9-11-19)16-6-4-3-5-7-16/h3-7,12-13,17,19,27H,2,8-11,14-15H2,1H3/t17-,19+. The zero-order valence-corrected chi connectivity index (χ0v) is 17.5. The molecule has 2 heterocycles. The van der Waals surface area contributed by atoms with Gasteiger partial charge in [-0.1, -0.05) is 30.3 Å². The summed E-state index contributed by atoms with van der Waals surface area (Å²) in [7, 11) is 0. The predicted octanol–water partition coefficient (Wildman–Crippen LogP) is 5.10. The van der Waals surface area contributed by atoms with Crippen LogP contribution in [0.25, 0.3) is 5.65 Å². The van der Waals surface area contributed by atoms with E-state index in [9.17, 15) is 13.2 Å².